The molecule has 22 heavy (non-hydrogen) atoms. The Morgan fingerprint density at radius 2 is 1.55 bits per heavy atom. The Bertz CT molecular complexity index is 637. The number of hydrogen-bond donors (Lipinski definition) is 0. The molecule has 1 heterocycles. The van der Waals surface area contributed by atoms with Gasteiger partial charge >= 0.3 is 156 Å². The van der Waals surface area contributed by atoms with Gasteiger partial charge in [0.05, 0.1) is 0 Å². The Labute approximate surface area is 155 Å². The standard InChI is InChI=1S/C19H26NS.Hg/c1-7-8-11-21-19-16(5)14(3)18(15(4)17(19)6)20-10-9-13(2)12-20;/h10,12H,7-8,11H2,1-6H3;. The van der Waals surface area contributed by atoms with Crippen molar-refractivity contribution in [3.05, 3.63) is 40.2 Å². The number of thioether (sulfide) groups is 1. The van der Waals surface area contributed by atoms with Crippen LogP contribution in [0.4, 0.5) is 0 Å². The van der Waals surface area contributed by atoms with Crippen molar-refractivity contribution in [3.8, 4) is 5.69 Å². The Kier molecular flexibility index (Phi) is 6.24. The molecule has 0 amide bonds. The molecule has 0 aliphatic rings. The first kappa shape index (κ1) is 18.1. The molecule has 0 aliphatic carbocycles. The van der Waals surface area contributed by atoms with Crippen molar-refractivity contribution < 1.29 is 26.1 Å². The van der Waals surface area contributed by atoms with Crippen LogP contribution < -0.4 is 3.07 Å². The van der Waals surface area contributed by atoms with Crippen LogP contribution >= 0.6 is 11.8 Å². The fourth-order valence-corrected chi connectivity index (χ4v) is 5.40. The van der Waals surface area contributed by atoms with Gasteiger partial charge in [-0.05, 0) is 0 Å². The summed E-state index contributed by atoms with van der Waals surface area (Å²) in [5.41, 5.74) is 8.64. The van der Waals surface area contributed by atoms with Gasteiger partial charge in [0.2, 0.25) is 0 Å². The van der Waals surface area contributed by atoms with E-state index in [1.54, 1.807) is 3.07 Å². The van der Waals surface area contributed by atoms with Crippen molar-refractivity contribution in [2.45, 2.75) is 59.3 Å². The average Bonchev–Trinajstić information content (AvgIpc) is 2.80. The van der Waals surface area contributed by atoms with E-state index in [4.69, 9.17) is 0 Å². The van der Waals surface area contributed by atoms with E-state index < -0.39 is 0 Å². The second kappa shape index (κ2) is 7.57. The molecule has 0 fully saturated rings. The molecule has 0 N–H and O–H groups in total. The molecule has 0 radical (unpaired) electrons. The van der Waals surface area contributed by atoms with Crippen LogP contribution in [0, 0.1) is 34.6 Å². The van der Waals surface area contributed by atoms with Gasteiger partial charge in [-0.25, -0.2) is 0 Å². The molecular weight excluding hydrogens is 475 g/mol. The van der Waals surface area contributed by atoms with Crippen molar-refractivity contribution in [3.63, 3.8) is 0 Å². The first-order chi connectivity index (χ1) is 10.4. The Balaban J connectivity index is 2.53. The normalized spacial score (nSPS) is 11.3. The predicted octanol–water partition coefficient (Wildman–Crippen LogP) is 5.08. The summed E-state index contributed by atoms with van der Waals surface area (Å²) in [6, 6.07) is 0. The maximum atomic E-state index is 2.36. The molecule has 2 rings (SSSR count). The number of benzene rings is 1. The molecule has 1 nitrogen and oxygen atoms in total. The summed E-state index contributed by atoms with van der Waals surface area (Å²) in [5, 5.41) is 0. The summed E-state index contributed by atoms with van der Waals surface area (Å²) in [6.45, 7) is 13.7. The van der Waals surface area contributed by atoms with Gasteiger partial charge in [0.25, 0.3) is 0 Å². The van der Waals surface area contributed by atoms with Crippen molar-refractivity contribution in [1.82, 2.24) is 4.57 Å². The minimum absolute atomic E-state index is 0.687. The van der Waals surface area contributed by atoms with Crippen LogP contribution in [0.2, 0.25) is 0 Å². The van der Waals surface area contributed by atoms with Crippen molar-refractivity contribution in [2.24, 2.45) is 0 Å². The van der Waals surface area contributed by atoms with Crippen LogP contribution in [0.15, 0.2) is 17.3 Å². The molecule has 0 bridgehead atoms. The first-order valence-corrected chi connectivity index (χ1v) is 11.9. The number of nitrogens with zero attached hydrogens (tertiary/aromatic N) is 1. The quantitative estimate of drug-likeness (QED) is 0.315. The maximum absolute atomic E-state index is 2.36. The van der Waals surface area contributed by atoms with E-state index in [2.05, 4.69) is 58.5 Å². The fraction of sp³-hybridized carbons (Fsp3) is 0.474. The van der Waals surface area contributed by atoms with E-state index in [0.29, 0.717) is 26.1 Å². The van der Waals surface area contributed by atoms with Crippen LogP contribution in [0.5, 0.6) is 0 Å². The monoisotopic (exact) mass is 502 g/mol. The second-order valence-electron chi connectivity index (χ2n) is 6.25. The van der Waals surface area contributed by atoms with Crippen LogP contribution in [0.3, 0.4) is 0 Å². The number of unbranched alkanes of at least 4 members (excludes halogenated alkanes) is 1. The first-order valence-electron chi connectivity index (χ1n) is 8.12. The van der Waals surface area contributed by atoms with Gasteiger partial charge in [-0.15, -0.1) is 0 Å². The Morgan fingerprint density at radius 3 is 2.00 bits per heavy atom. The molecule has 1 aromatic heterocycles. The average molecular weight is 501 g/mol. The fourth-order valence-electron chi connectivity index (χ4n) is 2.91. The third-order valence-electron chi connectivity index (χ3n) is 4.65. The van der Waals surface area contributed by atoms with E-state index in [1.807, 2.05) is 11.8 Å². The predicted molar refractivity (Wildman–Crippen MR) is 94.7 cm³/mol. The van der Waals surface area contributed by atoms with Gasteiger partial charge in [0.1, 0.15) is 0 Å². The zero-order valence-electron chi connectivity index (χ0n) is 14.8. The van der Waals surface area contributed by atoms with E-state index in [0.717, 1.165) is 0 Å². The van der Waals surface area contributed by atoms with Gasteiger partial charge < -0.3 is 0 Å². The summed E-state index contributed by atoms with van der Waals surface area (Å²) < 4.78 is 3.92. The summed E-state index contributed by atoms with van der Waals surface area (Å²) in [6.07, 6.45) is 7.22. The zero-order chi connectivity index (χ0) is 16.4. The molecule has 2 aromatic rings. The molecule has 0 aliphatic heterocycles. The minimum atomic E-state index is 0.687. The topological polar surface area (TPSA) is 4.93 Å². The van der Waals surface area contributed by atoms with Crippen molar-refractivity contribution >= 4 is 14.8 Å². The number of rotatable bonds is 5. The van der Waals surface area contributed by atoms with Gasteiger partial charge in [-0.2, -0.15) is 0 Å². The van der Waals surface area contributed by atoms with Crippen LogP contribution in [0.25, 0.3) is 5.69 Å². The molecule has 115 valence electrons. The third-order valence-corrected chi connectivity index (χ3v) is 8.92. The molecule has 0 saturated heterocycles. The summed E-state index contributed by atoms with van der Waals surface area (Å²) in [5.74, 6) is 1.23. The molecule has 3 heteroatoms. The van der Waals surface area contributed by atoms with Crippen LogP contribution in [-0.4, -0.2) is 10.3 Å². The number of aryl methyl sites for hydroxylation is 1. The van der Waals surface area contributed by atoms with Crippen molar-refractivity contribution in [1.29, 1.82) is 0 Å². The molecule has 0 atom stereocenters. The summed E-state index contributed by atoms with van der Waals surface area (Å²) >= 11 is 2.73. The van der Waals surface area contributed by atoms with Crippen LogP contribution in [-0.2, 0) is 26.1 Å². The molecule has 0 saturated carbocycles. The molecular formula is C19H26HgNS. The zero-order valence-corrected chi connectivity index (χ0v) is 21.2. The Hall–Kier alpha value is -0.215. The van der Waals surface area contributed by atoms with Crippen molar-refractivity contribution in [2.75, 3.05) is 5.75 Å². The Morgan fingerprint density at radius 1 is 0.955 bits per heavy atom. The van der Waals surface area contributed by atoms with Crippen LogP contribution in [0.1, 0.15) is 47.6 Å². The van der Waals surface area contributed by atoms with Gasteiger partial charge in [0, 0.05) is 0 Å². The van der Waals surface area contributed by atoms with Gasteiger partial charge in [-0.1, -0.05) is 0 Å². The van der Waals surface area contributed by atoms with Gasteiger partial charge in [-0.3, -0.25) is 0 Å². The molecule has 0 spiro atoms. The summed E-state index contributed by atoms with van der Waals surface area (Å²) in [7, 11) is 0. The third kappa shape index (κ3) is 3.48. The number of hydrogen-bond acceptors (Lipinski definition) is 1. The number of aromatic nitrogens is 1. The van der Waals surface area contributed by atoms with E-state index >= 15 is 0 Å². The summed E-state index contributed by atoms with van der Waals surface area (Å²) in [4.78, 5) is 1.51. The second-order valence-corrected chi connectivity index (χ2v) is 10.3. The molecule has 1 aromatic carbocycles. The SMILES string of the molecule is CCCCSc1c(C)c(C)c(-n2cc(C)[c]([Hg])c2)c(C)c1C. The van der Waals surface area contributed by atoms with E-state index in [9.17, 15) is 0 Å². The molecule has 0 unspecified atom stereocenters. The van der Waals surface area contributed by atoms with Gasteiger partial charge in [0.15, 0.2) is 0 Å². The van der Waals surface area contributed by atoms with E-state index in [-0.39, 0.29) is 0 Å². The van der Waals surface area contributed by atoms with E-state index in [1.165, 1.54) is 57.0 Å².